The molecule has 1 rings (SSSR count). The number of imidazole rings is 1. The molecule has 196 valence electrons. The number of hydrogen-bond acceptors (Lipinski definition) is 7. The largest absolute Gasteiger partial charge is 0.481 e. The van der Waals surface area contributed by atoms with Crippen LogP contribution in [0.25, 0.3) is 0 Å². The molecule has 0 spiro atoms. The maximum Gasteiger partial charge on any atom is 0.326 e. The first kappa shape index (κ1) is 29.6. The van der Waals surface area contributed by atoms with Gasteiger partial charge in [-0.05, 0) is 11.8 Å². The predicted molar refractivity (Wildman–Crippen MR) is 125 cm³/mol. The molecule has 6 atom stereocenters. The topological polar surface area (TPSA) is 217 Å². The number of carboxylic acid groups (broad SMARTS) is 2. The van der Waals surface area contributed by atoms with Gasteiger partial charge in [-0.1, -0.05) is 40.5 Å². The second-order valence-electron chi connectivity index (χ2n) is 8.63. The Kier molecular flexibility index (Phi) is 11.9. The highest BCUT2D eigenvalue weighted by Gasteiger charge is 2.34. The molecule has 13 heteroatoms. The summed E-state index contributed by atoms with van der Waals surface area (Å²) in [5.74, 6) is -5.64. The smallest absolute Gasteiger partial charge is 0.326 e. The molecule has 6 unspecified atom stereocenters. The number of rotatable bonds is 15. The summed E-state index contributed by atoms with van der Waals surface area (Å²) >= 11 is 0. The zero-order valence-corrected chi connectivity index (χ0v) is 20.4. The Bertz CT molecular complexity index is 876. The molecule has 13 nitrogen and oxygen atoms in total. The van der Waals surface area contributed by atoms with Crippen LogP contribution in [0.15, 0.2) is 12.5 Å². The van der Waals surface area contributed by atoms with Crippen LogP contribution in [-0.4, -0.2) is 74.0 Å². The molecule has 1 aromatic heterocycles. The van der Waals surface area contributed by atoms with Gasteiger partial charge < -0.3 is 36.9 Å². The van der Waals surface area contributed by atoms with Crippen molar-refractivity contribution in [2.75, 3.05) is 0 Å². The van der Waals surface area contributed by atoms with Gasteiger partial charge >= 0.3 is 11.9 Å². The minimum absolute atomic E-state index is 0.179. The van der Waals surface area contributed by atoms with E-state index in [4.69, 9.17) is 10.8 Å². The minimum atomic E-state index is -1.66. The van der Waals surface area contributed by atoms with Crippen molar-refractivity contribution in [3.63, 3.8) is 0 Å². The first-order valence-electron chi connectivity index (χ1n) is 11.5. The Morgan fingerprint density at radius 1 is 0.943 bits per heavy atom. The van der Waals surface area contributed by atoms with Gasteiger partial charge in [-0.2, -0.15) is 0 Å². The molecule has 35 heavy (non-hydrogen) atoms. The lowest BCUT2D eigenvalue weighted by Crippen LogP contribution is -2.60. The van der Waals surface area contributed by atoms with E-state index >= 15 is 0 Å². The maximum absolute atomic E-state index is 13.2. The number of aromatic amines is 1. The summed E-state index contributed by atoms with van der Waals surface area (Å²) in [6.45, 7) is 7.07. The van der Waals surface area contributed by atoms with E-state index in [0.717, 1.165) is 0 Å². The normalized spacial score (nSPS) is 16.1. The average Bonchev–Trinajstić information content (AvgIpc) is 3.31. The lowest BCUT2D eigenvalue weighted by Gasteiger charge is -2.30. The molecule has 0 radical (unpaired) electrons. The zero-order valence-electron chi connectivity index (χ0n) is 20.4. The van der Waals surface area contributed by atoms with E-state index in [2.05, 4.69) is 25.9 Å². The molecule has 1 heterocycles. The minimum Gasteiger partial charge on any atom is -0.481 e. The highest BCUT2D eigenvalue weighted by Crippen LogP contribution is 2.13. The lowest BCUT2D eigenvalue weighted by atomic mass is 9.94. The molecule has 0 saturated carbocycles. The van der Waals surface area contributed by atoms with Crippen LogP contribution in [-0.2, 0) is 30.4 Å². The monoisotopic (exact) mass is 496 g/mol. The van der Waals surface area contributed by atoms with Gasteiger partial charge in [-0.3, -0.25) is 19.2 Å². The Morgan fingerprint density at radius 2 is 1.46 bits per heavy atom. The first-order chi connectivity index (χ1) is 16.4. The summed E-state index contributed by atoms with van der Waals surface area (Å²) in [5, 5.41) is 25.6. The van der Waals surface area contributed by atoms with Crippen LogP contribution in [0.3, 0.4) is 0 Å². The average molecular weight is 497 g/mol. The molecular weight excluding hydrogens is 460 g/mol. The quantitative estimate of drug-likeness (QED) is 0.164. The molecule has 1 aromatic rings. The number of nitrogens with one attached hydrogen (secondary N) is 4. The fraction of sp³-hybridized carbons (Fsp3) is 0.636. The van der Waals surface area contributed by atoms with Gasteiger partial charge in [0.2, 0.25) is 17.7 Å². The van der Waals surface area contributed by atoms with Crippen molar-refractivity contribution >= 4 is 29.7 Å². The Hall–Kier alpha value is -3.48. The third-order valence-corrected chi connectivity index (χ3v) is 5.91. The lowest BCUT2D eigenvalue weighted by molar-refractivity contribution is -0.147. The number of amides is 3. The van der Waals surface area contributed by atoms with E-state index in [1.807, 2.05) is 6.92 Å². The van der Waals surface area contributed by atoms with Gasteiger partial charge in [-0.25, -0.2) is 9.78 Å². The van der Waals surface area contributed by atoms with Crippen LogP contribution in [0.2, 0.25) is 0 Å². The molecular formula is C22H36N6O7. The van der Waals surface area contributed by atoms with Crippen molar-refractivity contribution in [1.82, 2.24) is 25.9 Å². The Balaban J connectivity index is 3.00. The predicted octanol–water partition coefficient (Wildman–Crippen LogP) is -0.615. The number of nitrogens with two attached hydrogens (primary N) is 1. The molecule has 0 aliphatic heterocycles. The number of carbonyl (C=O) groups excluding carboxylic acids is 3. The molecule has 0 saturated heterocycles. The summed E-state index contributed by atoms with van der Waals surface area (Å²) in [6.07, 6.45) is 3.36. The fourth-order valence-electron chi connectivity index (χ4n) is 3.27. The number of carboxylic acids is 2. The third-order valence-electron chi connectivity index (χ3n) is 5.91. The number of hydrogen-bond donors (Lipinski definition) is 7. The van der Waals surface area contributed by atoms with E-state index in [1.165, 1.54) is 12.5 Å². The Morgan fingerprint density at radius 3 is 1.89 bits per heavy atom. The van der Waals surface area contributed by atoms with E-state index in [0.29, 0.717) is 18.5 Å². The van der Waals surface area contributed by atoms with E-state index < -0.39 is 66.2 Å². The first-order valence-corrected chi connectivity index (χ1v) is 11.5. The molecule has 0 aliphatic carbocycles. The standard InChI is InChI=1S/C22H36N6O7/c1-5-11(3)17(20(32)26-15(22(34)35)8-16(29)30)28-21(33)18(12(4)6-2)27-19(31)14(23)7-13-9-24-10-25-13/h9-12,14-15,17-18H,5-8,23H2,1-4H3,(H,24,25)(H,26,32)(H,27,31)(H,28,33)(H,29,30)(H,34,35). The number of carbonyl (C=O) groups is 5. The van der Waals surface area contributed by atoms with Gasteiger partial charge in [0.15, 0.2) is 0 Å². The van der Waals surface area contributed by atoms with E-state index in [9.17, 15) is 29.1 Å². The van der Waals surface area contributed by atoms with Crippen LogP contribution in [0.4, 0.5) is 0 Å². The van der Waals surface area contributed by atoms with Gasteiger partial charge in [0.1, 0.15) is 18.1 Å². The third kappa shape index (κ3) is 9.35. The molecule has 0 bridgehead atoms. The summed E-state index contributed by atoms with van der Waals surface area (Å²) in [4.78, 5) is 67.7. The molecule has 0 aliphatic rings. The second kappa shape index (κ2) is 14.0. The van der Waals surface area contributed by atoms with Gasteiger partial charge in [0, 0.05) is 18.3 Å². The van der Waals surface area contributed by atoms with E-state index in [1.54, 1.807) is 20.8 Å². The summed E-state index contributed by atoms with van der Waals surface area (Å²) < 4.78 is 0. The molecule has 3 amide bonds. The van der Waals surface area contributed by atoms with Crippen molar-refractivity contribution in [1.29, 1.82) is 0 Å². The summed E-state index contributed by atoms with van der Waals surface area (Å²) in [7, 11) is 0. The van der Waals surface area contributed by atoms with Crippen LogP contribution in [0, 0.1) is 11.8 Å². The van der Waals surface area contributed by atoms with Gasteiger partial charge in [0.25, 0.3) is 0 Å². The van der Waals surface area contributed by atoms with Crippen LogP contribution in [0.5, 0.6) is 0 Å². The molecule has 8 N–H and O–H groups in total. The van der Waals surface area contributed by atoms with Gasteiger partial charge in [0.05, 0.1) is 18.8 Å². The van der Waals surface area contributed by atoms with Crippen molar-refractivity contribution in [3.05, 3.63) is 18.2 Å². The van der Waals surface area contributed by atoms with Crippen molar-refractivity contribution < 1.29 is 34.2 Å². The van der Waals surface area contributed by atoms with Crippen LogP contribution >= 0.6 is 0 Å². The fourth-order valence-corrected chi connectivity index (χ4v) is 3.27. The highest BCUT2D eigenvalue weighted by molar-refractivity contribution is 5.95. The zero-order chi connectivity index (χ0) is 26.7. The highest BCUT2D eigenvalue weighted by atomic mass is 16.4. The van der Waals surface area contributed by atoms with Crippen molar-refractivity contribution in [2.45, 2.75) is 77.5 Å². The maximum atomic E-state index is 13.2. The second-order valence-corrected chi connectivity index (χ2v) is 8.63. The Labute approximate surface area is 203 Å². The summed E-state index contributed by atoms with van der Waals surface area (Å²) in [5.41, 5.74) is 6.63. The van der Waals surface area contributed by atoms with E-state index in [-0.39, 0.29) is 12.3 Å². The number of aromatic nitrogens is 2. The number of nitrogens with zero attached hydrogens (tertiary/aromatic N) is 1. The molecule has 0 aromatic carbocycles. The molecule has 0 fully saturated rings. The number of aliphatic carboxylic acids is 2. The van der Waals surface area contributed by atoms with Crippen molar-refractivity contribution in [3.8, 4) is 0 Å². The van der Waals surface area contributed by atoms with Crippen LogP contribution < -0.4 is 21.7 Å². The summed E-state index contributed by atoms with van der Waals surface area (Å²) in [6, 6.07) is -4.76. The van der Waals surface area contributed by atoms with Crippen LogP contribution in [0.1, 0.15) is 52.7 Å². The SMILES string of the molecule is CCC(C)C(NC(=O)C(N)Cc1cnc[nH]1)C(=O)NC(C(=O)NC(CC(=O)O)C(=O)O)C(C)CC. The number of H-pyrrole nitrogens is 1. The van der Waals surface area contributed by atoms with Gasteiger partial charge in [-0.15, -0.1) is 0 Å². The van der Waals surface area contributed by atoms with Crippen molar-refractivity contribution in [2.24, 2.45) is 17.6 Å².